The molecule has 0 aromatic rings. The number of aliphatic carboxylic acids is 1. The average molecular weight is 269 g/mol. The molecule has 0 aliphatic carbocycles. The van der Waals surface area contributed by atoms with E-state index in [1.807, 2.05) is 0 Å². The third-order valence-electron chi connectivity index (χ3n) is 4.36. The first-order valence-corrected chi connectivity index (χ1v) is 6.96. The number of carboxylic acid groups (broad SMARTS) is 1. The van der Waals surface area contributed by atoms with E-state index in [9.17, 15) is 9.59 Å². The number of carboxylic acids is 1. The Morgan fingerprint density at radius 2 is 2.00 bits per heavy atom. The lowest BCUT2D eigenvalue weighted by Gasteiger charge is -2.36. The molecule has 2 fully saturated rings. The highest BCUT2D eigenvalue weighted by molar-refractivity contribution is 5.77. The molecule has 6 heteroatoms. The van der Waals surface area contributed by atoms with Crippen molar-refractivity contribution in [3.63, 3.8) is 0 Å². The summed E-state index contributed by atoms with van der Waals surface area (Å²) in [4.78, 5) is 26.9. The van der Waals surface area contributed by atoms with Crippen molar-refractivity contribution in [2.24, 2.45) is 5.92 Å². The Bertz CT molecular complexity index is 361. The second-order valence-electron chi connectivity index (χ2n) is 5.77. The van der Waals surface area contributed by atoms with Gasteiger partial charge in [-0.05, 0) is 33.2 Å². The summed E-state index contributed by atoms with van der Waals surface area (Å²) in [5.74, 6) is -1.20. The predicted octanol–water partition coefficient (Wildman–Crippen LogP) is 0.585. The van der Waals surface area contributed by atoms with E-state index in [2.05, 4.69) is 24.2 Å². The summed E-state index contributed by atoms with van der Waals surface area (Å²) >= 11 is 0. The molecular weight excluding hydrogens is 246 g/mol. The first-order chi connectivity index (χ1) is 8.97. The van der Waals surface area contributed by atoms with Gasteiger partial charge in [-0.1, -0.05) is 0 Å². The molecule has 108 valence electrons. The molecule has 3 unspecified atom stereocenters. The lowest BCUT2D eigenvalue weighted by Crippen LogP contribution is -2.50. The molecule has 2 amide bonds. The van der Waals surface area contributed by atoms with Crippen LogP contribution in [0.4, 0.5) is 4.79 Å². The number of hydrogen-bond donors (Lipinski definition) is 2. The van der Waals surface area contributed by atoms with E-state index in [-0.39, 0.29) is 12.1 Å². The Hall–Kier alpha value is -1.30. The number of rotatable bonds is 2. The lowest BCUT2D eigenvalue weighted by molar-refractivity contribution is -0.141. The zero-order chi connectivity index (χ0) is 14.0. The quantitative estimate of drug-likeness (QED) is 0.769. The number of likely N-dealkylation sites (tertiary alicyclic amines) is 2. The van der Waals surface area contributed by atoms with E-state index in [0.29, 0.717) is 25.6 Å². The van der Waals surface area contributed by atoms with Crippen molar-refractivity contribution < 1.29 is 14.7 Å². The molecule has 2 heterocycles. The van der Waals surface area contributed by atoms with E-state index in [0.717, 1.165) is 19.4 Å². The highest BCUT2D eigenvalue weighted by Crippen LogP contribution is 2.18. The normalized spacial score (nSPS) is 32.3. The monoisotopic (exact) mass is 269 g/mol. The Kier molecular flexibility index (Phi) is 4.29. The number of amides is 2. The first kappa shape index (κ1) is 14.1. The van der Waals surface area contributed by atoms with Gasteiger partial charge in [-0.2, -0.15) is 0 Å². The van der Waals surface area contributed by atoms with E-state index >= 15 is 0 Å². The molecule has 2 aliphatic rings. The second-order valence-corrected chi connectivity index (χ2v) is 5.77. The lowest BCUT2D eigenvalue weighted by atomic mass is 9.99. The molecule has 0 saturated carbocycles. The van der Waals surface area contributed by atoms with Crippen LogP contribution in [0.3, 0.4) is 0 Å². The number of hydrogen-bond acceptors (Lipinski definition) is 3. The Labute approximate surface area is 113 Å². The maximum absolute atomic E-state index is 12.1. The molecule has 19 heavy (non-hydrogen) atoms. The summed E-state index contributed by atoms with van der Waals surface area (Å²) in [6.45, 7) is 4.03. The fourth-order valence-corrected chi connectivity index (χ4v) is 2.83. The standard InChI is InChI=1S/C13H23N3O3/c1-9-7-11(4-5-15(9)2)14-13(19)16-6-3-10(8-16)12(17)18/h9-11H,3-8H2,1-2H3,(H,14,19)(H,17,18). The molecule has 3 atom stereocenters. The van der Waals surface area contributed by atoms with Gasteiger partial charge in [0, 0.05) is 31.7 Å². The van der Waals surface area contributed by atoms with E-state index in [4.69, 9.17) is 5.11 Å². The minimum atomic E-state index is -0.803. The van der Waals surface area contributed by atoms with Crippen LogP contribution in [0.1, 0.15) is 26.2 Å². The second kappa shape index (κ2) is 5.77. The third kappa shape index (κ3) is 3.37. The molecule has 0 bridgehead atoms. The topological polar surface area (TPSA) is 72.9 Å². The summed E-state index contributed by atoms with van der Waals surface area (Å²) in [6.07, 6.45) is 2.48. The van der Waals surface area contributed by atoms with E-state index < -0.39 is 11.9 Å². The van der Waals surface area contributed by atoms with Crippen LogP contribution in [-0.2, 0) is 4.79 Å². The van der Waals surface area contributed by atoms with Gasteiger partial charge in [-0.15, -0.1) is 0 Å². The van der Waals surface area contributed by atoms with Gasteiger partial charge in [0.05, 0.1) is 5.92 Å². The SMILES string of the molecule is CC1CC(NC(=O)N2CCC(C(=O)O)C2)CCN1C. The first-order valence-electron chi connectivity index (χ1n) is 6.96. The molecule has 2 saturated heterocycles. The zero-order valence-electron chi connectivity index (χ0n) is 11.6. The summed E-state index contributed by atoms with van der Waals surface area (Å²) in [5.41, 5.74) is 0. The Balaban J connectivity index is 1.80. The molecule has 2 aliphatic heterocycles. The van der Waals surface area contributed by atoms with Crippen LogP contribution in [0.15, 0.2) is 0 Å². The largest absolute Gasteiger partial charge is 0.481 e. The highest BCUT2D eigenvalue weighted by Gasteiger charge is 2.32. The highest BCUT2D eigenvalue weighted by atomic mass is 16.4. The summed E-state index contributed by atoms with van der Waals surface area (Å²) in [7, 11) is 2.10. The zero-order valence-corrected chi connectivity index (χ0v) is 11.6. The maximum atomic E-state index is 12.1. The fourth-order valence-electron chi connectivity index (χ4n) is 2.83. The van der Waals surface area contributed by atoms with E-state index in [1.165, 1.54) is 0 Å². The third-order valence-corrected chi connectivity index (χ3v) is 4.36. The van der Waals surface area contributed by atoms with Gasteiger partial charge in [0.15, 0.2) is 0 Å². The molecule has 0 aromatic carbocycles. The maximum Gasteiger partial charge on any atom is 0.317 e. The molecule has 0 aromatic heterocycles. The summed E-state index contributed by atoms with van der Waals surface area (Å²) < 4.78 is 0. The van der Waals surface area contributed by atoms with Gasteiger partial charge >= 0.3 is 12.0 Å². The minimum absolute atomic E-state index is 0.106. The van der Waals surface area contributed by atoms with Crippen LogP contribution in [0.25, 0.3) is 0 Å². The Morgan fingerprint density at radius 3 is 2.58 bits per heavy atom. The van der Waals surface area contributed by atoms with Crippen LogP contribution >= 0.6 is 0 Å². The average Bonchev–Trinajstić information content (AvgIpc) is 2.83. The minimum Gasteiger partial charge on any atom is -0.481 e. The predicted molar refractivity (Wildman–Crippen MR) is 71.0 cm³/mol. The van der Waals surface area contributed by atoms with Crippen molar-refractivity contribution in [2.45, 2.75) is 38.3 Å². The van der Waals surface area contributed by atoms with Gasteiger partial charge in [0.25, 0.3) is 0 Å². The Morgan fingerprint density at radius 1 is 1.26 bits per heavy atom. The van der Waals surface area contributed by atoms with Gasteiger partial charge in [-0.3, -0.25) is 4.79 Å². The molecular formula is C13H23N3O3. The van der Waals surface area contributed by atoms with Crippen molar-refractivity contribution in [2.75, 3.05) is 26.7 Å². The molecule has 6 nitrogen and oxygen atoms in total. The van der Waals surface area contributed by atoms with Crippen molar-refractivity contribution in [1.29, 1.82) is 0 Å². The smallest absolute Gasteiger partial charge is 0.317 e. The van der Waals surface area contributed by atoms with Crippen molar-refractivity contribution in [1.82, 2.24) is 15.1 Å². The van der Waals surface area contributed by atoms with Gasteiger partial charge in [0.1, 0.15) is 0 Å². The number of carbonyl (C=O) groups excluding carboxylic acids is 1. The van der Waals surface area contributed by atoms with Crippen LogP contribution in [-0.4, -0.2) is 65.7 Å². The molecule has 2 N–H and O–H groups in total. The number of urea groups is 1. The molecule has 2 rings (SSSR count). The number of carbonyl (C=O) groups is 2. The summed E-state index contributed by atoms with van der Waals surface area (Å²) in [6, 6.07) is 0.581. The van der Waals surface area contributed by atoms with E-state index in [1.54, 1.807) is 4.90 Å². The number of nitrogens with zero attached hydrogens (tertiary/aromatic N) is 2. The summed E-state index contributed by atoms with van der Waals surface area (Å²) in [5, 5.41) is 12.0. The van der Waals surface area contributed by atoms with Crippen LogP contribution in [0, 0.1) is 5.92 Å². The number of nitrogens with one attached hydrogen (secondary N) is 1. The fraction of sp³-hybridized carbons (Fsp3) is 0.846. The van der Waals surface area contributed by atoms with Crippen molar-refractivity contribution >= 4 is 12.0 Å². The van der Waals surface area contributed by atoms with Gasteiger partial charge in [0.2, 0.25) is 0 Å². The van der Waals surface area contributed by atoms with Crippen molar-refractivity contribution in [3.8, 4) is 0 Å². The molecule has 0 spiro atoms. The molecule has 0 radical (unpaired) electrons. The van der Waals surface area contributed by atoms with Gasteiger partial charge in [-0.25, -0.2) is 4.79 Å². The van der Waals surface area contributed by atoms with Crippen LogP contribution in [0.2, 0.25) is 0 Å². The van der Waals surface area contributed by atoms with Crippen LogP contribution < -0.4 is 5.32 Å². The van der Waals surface area contributed by atoms with Crippen molar-refractivity contribution in [3.05, 3.63) is 0 Å². The number of piperidine rings is 1. The van der Waals surface area contributed by atoms with Crippen LogP contribution in [0.5, 0.6) is 0 Å². The van der Waals surface area contributed by atoms with Gasteiger partial charge < -0.3 is 20.2 Å².